The molecule has 0 bridgehead atoms. The molecule has 0 aliphatic carbocycles. The van der Waals surface area contributed by atoms with Gasteiger partial charge >= 0.3 is 0 Å². The van der Waals surface area contributed by atoms with Gasteiger partial charge in [0.15, 0.2) is 0 Å². The lowest BCUT2D eigenvalue weighted by Gasteiger charge is -2.23. The molecule has 0 radical (unpaired) electrons. The number of likely N-dealkylation sites (tertiary alicyclic amines) is 1. The summed E-state index contributed by atoms with van der Waals surface area (Å²) in [5.41, 5.74) is 1.09. The van der Waals surface area contributed by atoms with Crippen LogP contribution in [0.25, 0.3) is 0 Å². The van der Waals surface area contributed by atoms with Crippen LogP contribution >= 0.6 is 0 Å². The molecule has 1 rings (SSSR count). The maximum absolute atomic E-state index is 10.3. The summed E-state index contributed by atoms with van der Waals surface area (Å²) in [6.07, 6.45) is 3.91. The fraction of sp³-hybridized carbons (Fsp3) is 0.700. The summed E-state index contributed by atoms with van der Waals surface area (Å²) in [5.74, 6) is 0. The van der Waals surface area contributed by atoms with Crippen LogP contribution in [0, 0.1) is 0 Å². The molecule has 1 saturated heterocycles. The van der Waals surface area contributed by atoms with Crippen molar-refractivity contribution in [1.82, 2.24) is 4.90 Å². The third-order valence-corrected chi connectivity index (χ3v) is 2.59. The monoisotopic (exact) mass is 167 g/mol. The Bertz CT molecular complexity index is 177. The van der Waals surface area contributed by atoms with E-state index in [-0.39, 0.29) is 0 Å². The van der Waals surface area contributed by atoms with Gasteiger partial charge in [-0.05, 0) is 25.9 Å². The minimum Gasteiger partial charge on any atom is -0.303 e. The zero-order valence-electron chi connectivity index (χ0n) is 7.75. The Labute approximate surface area is 74.2 Å². The highest BCUT2D eigenvalue weighted by atomic mass is 16.1. The van der Waals surface area contributed by atoms with Crippen molar-refractivity contribution >= 4 is 6.29 Å². The first-order valence-electron chi connectivity index (χ1n) is 4.65. The van der Waals surface area contributed by atoms with Gasteiger partial charge in [-0.15, -0.1) is 0 Å². The molecule has 1 fully saturated rings. The van der Waals surface area contributed by atoms with E-state index in [0.29, 0.717) is 12.5 Å². The van der Waals surface area contributed by atoms with Gasteiger partial charge in [-0.1, -0.05) is 19.1 Å². The fourth-order valence-electron chi connectivity index (χ4n) is 1.91. The van der Waals surface area contributed by atoms with Gasteiger partial charge in [0, 0.05) is 12.5 Å². The Balaban J connectivity index is 2.48. The lowest BCUT2D eigenvalue weighted by molar-refractivity contribution is -0.107. The Morgan fingerprint density at radius 3 is 3.08 bits per heavy atom. The molecule has 0 spiro atoms. The normalized spacial score (nSPS) is 24.2. The minimum absolute atomic E-state index is 0.472. The van der Waals surface area contributed by atoms with Gasteiger partial charge in [0.25, 0.3) is 0 Å². The molecule has 68 valence electrons. The van der Waals surface area contributed by atoms with Crippen molar-refractivity contribution in [1.29, 1.82) is 0 Å². The largest absolute Gasteiger partial charge is 0.303 e. The second kappa shape index (κ2) is 4.41. The number of carbonyl (C=O) groups excluding carboxylic acids is 1. The van der Waals surface area contributed by atoms with Gasteiger partial charge in [0.2, 0.25) is 0 Å². The molecule has 1 atom stereocenters. The van der Waals surface area contributed by atoms with Crippen molar-refractivity contribution in [2.24, 2.45) is 0 Å². The van der Waals surface area contributed by atoms with Crippen LogP contribution < -0.4 is 0 Å². The van der Waals surface area contributed by atoms with Crippen LogP contribution in [0.4, 0.5) is 0 Å². The van der Waals surface area contributed by atoms with Crippen LogP contribution in [0.5, 0.6) is 0 Å². The average Bonchev–Trinajstić information content (AvgIpc) is 2.51. The summed E-state index contributed by atoms with van der Waals surface area (Å²) in [6, 6.07) is 0.472. The molecule has 1 aliphatic heterocycles. The van der Waals surface area contributed by atoms with Crippen LogP contribution in [0.1, 0.15) is 26.2 Å². The third kappa shape index (κ3) is 1.95. The second-order valence-corrected chi connectivity index (χ2v) is 3.32. The highest BCUT2D eigenvalue weighted by molar-refractivity contribution is 5.54. The van der Waals surface area contributed by atoms with Crippen molar-refractivity contribution < 1.29 is 4.79 Å². The van der Waals surface area contributed by atoms with Gasteiger partial charge in [0.1, 0.15) is 6.29 Å². The molecule has 0 aromatic heterocycles. The van der Waals surface area contributed by atoms with E-state index in [0.717, 1.165) is 18.4 Å². The smallest absolute Gasteiger partial charge is 0.124 e. The lowest BCUT2D eigenvalue weighted by Crippen LogP contribution is -2.30. The van der Waals surface area contributed by atoms with E-state index in [9.17, 15) is 4.79 Å². The van der Waals surface area contributed by atoms with Crippen molar-refractivity contribution in [3.05, 3.63) is 12.2 Å². The van der Waals surface area contributed by atoms with E-state index in [4.69, 9.17) is 0 Å². The predicted molar refractivity (Wildman–Crippen MR) is 50.1 cm³/mol. The Kier molecular flexibility index (Phi) is 3.48. The molecule has 1 heterocycles. The van der Waals surface area contributed by atoms with Crippen molar-refractivity contribution in [2.45, 2.75) is 32.2 Å². The van der Waals surface area contributed by atoms with Crippen LogP contribution in [0.3, 0.4) is 0 Å². The summed E-state index contributed by atoms with van der Waals surface area (Å²) < 4.78 is 0. The van der Waals surface area contributed by atoms with Gasteiger partial charge < -0.3 is 4.79 Å². The first kappa shape index (κ1) is 9.46. The second-order valence-electron chi connectivity index (χ2n) is 3.32. The lowest BCUT2D eigenvalue weighted by atomic mass is 10.0. The molecule has 2 heteroatoms. The van der Waals surface area contributed by atoms with Crippen molar-refractivity contribution in [3.63, 3.8) is 0 Å². The molecule has 0 N–H and O–H groups in total. The quantitative estimate of drug-likeness (QED) is 0.468. The SMILES string of the molecule is C=C(CC=O)C1CCCN1CC. The predicted octanol–water partition coefficient (Wildman–Crippen LogP) is 1.62. The zero-order chi connectivity index (χ0) is 8.97. The Morgan fingerprint density at radius 2 is 2.50 bits per heavy atom. The summed E-state index contributed by atoms with van der Waals surface area (Å²) in [6.45, 7) is 8.35. The molecule has 0 aromatic rings. The molecule has 0 aromatic carbocycles. The van der Waals surface area contributed by atoms with E-state index >= 15 is 0 Å². The molecule has 1 aliphatic rings. The van der Waals surface area contributed by atoms with E-state index in [2.05, 4.69) is 18.4 Å². The summed E-state index contributed by atoms with van der Waals surface area (Å²) in [7, 11) is 0. The molecule has 2 nitrogen and oxygen atoms in total. The highest BCUT2D eigenvalue weighted by Gasteiger charge is 2.24. The number of likely N-dealkylation sites (N-methyl/N-ethyl adjacent to an activating group) is 1. The van der Waals surface area contributed by atoms with Crippen LogP contribution in [-0.4, -0.2) is 30.3 Å². The van der Waals surface area contributed by atoms with Crippen molar-refractivity contribution in [3.8, 4) is 0 Å². The number of carbonyl (C=O) groups is 1. The minimum atomic E-state index is 0.472. The zero-order valence-corrected chi connectivity index (χ0v) is 7.75. The van der Waals surface area contributed by atoms with Gasteiger partial charge in [-0.25, -0.2) is 0 Å². The topological polar surface area (TPSA) is 20.3 Å². The molecular weight excluding hydrogens is 150 g/mol. The van der Waals surface area contributed by atoms with E-state index < -0.39 is 0 Å². The first-order valence-corrected chi connectivity index (χ1v) is 4.65. The highest BCUT2D eigenvalue weighted by Crippen LogP contribution is 2.23. The van der Waals surface area contributed by atoms with Crippen LogP contribution in [0.15, 0.2) is 12.2 Å². The van der Waals surface area contributed by atoms with Crippen LogP contribution in [0.2, 0.25) is 0 Å². The number of rotatable bonds is 4. The van der Waals surface area contributed by atoms with Gasteiger partial charge in [0.05, 0.1) is 0 Å². The fourth-order valence-corrected chi connectivity index (χ4v) is 1.91. The summed E-state index contributed by atoms with van der Waals surface area (Å²) in [5, 5.41) is 0. The first-order chi connectivity index (χ1) is 5.79. The summed E-state index contributed by atoms with van der Waals surface area (Å²) >= 11 is 0. The van der Waals surface area contributed by atoms with Crippen LogP contribution in [-0.2, 0) is 4.79 Å². The van der Waals surface area contributed by atoms with Gasteiger partial charge in [-0.2, -0.15) is 0 Å². The number of nitrogens with zero attached hydrogens (tertiary/aromatic N) is 1. The maximum atomic E-state index is 10.3. The molecule has 1 unspecified atom stereocenters. The van der Waals surface area contributed by atoms with Gasteiger partial charge in [-0.3, -0.25) is 4.90 Å². The van der Waals surface area contributed by atoms with Crippen molar-refractivity contribution in [2.75, 3.05) is 13.1 Å². The Morgan fingerprint density at radius 1 is 1.75 bits per heavy atom. The summed E-state index contributed by atoms with van der Waals surface area (Å²) in [4.78, 5) is 12.7. The maximum Gasteiger partial charge on any atom is 0.124 e. The van der Waals surface area contributed by atoms with E-state index in [1.165, 1.54) is 19.4 Å². The van der Waals surface area contributed by atoms with E-state index in [1.807, 2.05) is 0 Å². The Hall–Kier alpha value is -0.630. The molecule has 0 amide bonds. The molecule has 0 saturated carbocycles. The third-order valence-electron chi connectivity index (χ3n) is 2.59. The molecule has 12 heavy (non-hydrogen) atoms. The average molecular weight is 167 g/mol. The van der Waals surface area contributed by atoms with E-state index in [1.54, 1.807) is 0 Å². The molecular formula is C10H17NO. The number of aldehydes is 1. The standard InChI is InChI=1S/C10H17NO/c1-3-11-7-4-5-10(11)9(2)6-8-12/h8,10H,2-7H2,1H3. The number of hydrogen-bond acceptors (Lipinski definition) is 2. The number of hydrogen-bond donors (Lipinski definition) is 0.